The lowest BCUT2D eigenvalue weighted by Gasteiger charge is -2.32. The molecule has 0 N–H and O–H groups in total. The fourth-order valence-corrected chi connectivity index (χ4v) is 6.24. The van der Waals surface area contributed by atoms with Crippen molar-refractivity contribution in [3.05, 3.63) is 120 Å². The first kappa shape index (κ1) is 26.1. The van der Waals surface area contributed by atoms with Gasteiger partial charge in [0.05, 0.1) is 39.7 Å². The Morgan fingerprint density at radius 1 is 0.929 bits per heavy atom. The molecule has 1 aliphatic rings. The van der Waals surface area contributed by atoms with E-state index in [4.69, 9.17) is 4.98 Å². The molecule has 1 unspecified atom stereocenters. The molecule has 7 rings (SSSR count). The number of carbonyl (C=O) groups is 1. The van der Waals surface area contributed by atoms with E-state index in [0.717, 1.165) is 52.0 Å². The maximum atomic E-state index is 13.9. The molecular formula is C34H31FN6O. The first-order valence-corrected chi connectivity index (χ1v) is 14.4. The number of aryl methyl sites for hydroxylation is 1. The topological polar surface area (TPSA) is 68.8 Å². The van der Waals surface area contributed by atoms with Gasteiger partial charge in [-0.15, -0.1) is 0 Å². The molecule has 7 nitrogen and oxygen atoms in total. The Hall–Kier alpha value is -4.85. The second-order valence-corrected chi connectivity index (χ2v) is 11.0. The number of para-hydroxylation sites is 2. The number of halogens is 1. The second kappa shape index (κ2) is 10.5. The molecule has 6 aromatic rings. The summed E-state index contributed by atoms with van der Waals surface area (Å²) >= 11 is 0. The molecule has 42 heavy (non-hydrogen) atoms. The van der Waals surface area contributed by atoms with Crippen LogP contribution in [0.2, 0.25) is 0 Å². The van der Waals surface area contributed by atoms with Crippen LogP contribution in [0, 0.1) is 12.7 Å². The Balaban J connectivity index is 1.13. The number of rotatable bonds is 5. The number of piperidine rings is 1. The number of carbonyl (C=O) groups excluding carboxylic acids is 1. The van der Waals surface area contributed by atoms with E-state index < -0.39 is 0 Å². The van der Waals surface area contributed by atoms with Gasteiger partial charge in [-0.3, -0.25) is 9.78 Å². The van der Waals surface area contributed by atoms with E-state index in [2.05, 4.69) is 45.8 Å². The Kier molecular flexibility index (Phi) is 6.53. The molecule has 0 bridgehead atoms. The van der Waals surface area contributed by atoms with Gasteiger partial charge < -0.3 is 9.47 Å². The Bertz CT molecular complexity index is 1920. The third kappa shape index (κ3) is 4.53. The minimum Gasteiger partial charge on any atom is -0.339 e. The van der Waals surface area contributed by atoms with Crippen LogP contribution < -0.4 is 0 Å². The monoisotopic (exact) mass is 558 g/mol. The molecule has 1 aliphatic heterocycles. The molecule has 0 saturated carbocycles. The standard InChI is InChI=1S/C34H31FN6O/c1-22-28-20-25(13-14-31(28)41(38-22)27-9-7-8-26(35)21-27)34(42)39-18-15-24(16-19-39)33-37-30-11-3-4-12-32(30)40(33)23(2)29-10-5-6-17-36-29/h3-14,17,20-21,23-24H,15-16,18-19H2,1-2H3. The molecule has 3 aromatic carbocycles. The highest BCUT2D eigenvalue weighted by Gasteiger charge is 2.30. The van der Waals surface area contributed by atoms with Gasteiger partial charge in [-0.2, -0.15) is 5.10 Å². The van der Waals surface area contributed by atoms with Gasteiger partial charge in [0.1, 0.15) is 11.6 Å². The lowest BCUT2D eigenvalue weighted by atomic mass is 9.94. The maximum absolute atomic E-state index is 13.9. The quantitative estimate of drug-likeness (QED) is 0.232. The molecule has 0 spiro atoms. The highest BCUT2D eigenvalue weighted by atomic mass is 19.1. The molecule has 1 saturated heterocycles. The number of benzene rings is 3. The minimum absolute atomic E-state index is 0.0172. The number of hydrogen-bond acceptors (Lipinski definition) is 4. The van der Waals surface area contributed by atoms with E-state index in [1.165, 1.54) is 12.1 Å². The molecule has 8 heteroatoms. The molecule has 3 aromatic heterocycles. The van der Waals surface area contributed by atoms with Crippen molar-refractivity contribution in [3.63, 3.8) is 0 Å². The van der Waals surface area contributed by atoms with Crippen molar-refractivity contribution in [1.82, 2.24) is 29.2 Å². The summed E-state index contributed by atoms with van der Waals surface area (Å²) in [5, 5.41) is 5.52. The summed E-state index contributed by atoms with van der Waals surface area (Å²) in [5.74, 6) is 1.000. The van der Waals surface area contributed by atoms with E-state index in [9.17, 15) is 9.18 Å². The zero-order valence-corrected chi connectivity index (χ0v) is 23.6. The van der Waals surface area contributed by atoms with E-state index in [0.29, 0.717) is 24.3 Å². The van der Waals surface area contributed by atoms with Crippen LogP contribution in [0.1, 0.15) is 59.3 Å². The number of pyridine rings is 1. The Morgan fingerprint density at radius 3 is 2.52 bits per heavy atom. The average molecular weight is 559 g/mol. The number of nitrogens with zero attached hydrogens (tertiary/aromatic N) is 6. The van der Waals surface area contributed by atoms with Crippen LogP contribution >= 0.6 is 0 Å². The number of imidazole rings is 1. The van der Waals surface area contributed by atoms with E-state index >= 15 is 0 Å². The Labute approximate surface area is 243 Å². The van der Waals surface area contributed by atoms with Gasteiger partial charge in [0.25, 0.3) is 5.91 Å². The SMILES string of the molecule is Cc1nn(-c2cccc(F)c2)c2ccc(C(=O)N3CCC(c4nc5ccccc5n4C(C)c4ccccn4)CC3)cc12. The van der Waals surface area contributed by atoms with Gasteiger partial charge in [0, 0.05) is 36.2 Å². The van der Waals surface area contributed by atoms with Crippen LogP contribution in [-0.4, -0.2) is 48.2 Å². The summed E-state index contributed by atoms with van der Waals surface area (Å²) in [6.07, 6.45) is 3.51. The van der Waals surface area contributed by atoms with Crippen molar-refractivity contribution < 1.29 is 9.18 Å². The molecule has 1 amide bonds. The lowest BCUT2D eigenvalue weighted by Crippen LogP contribution is -2.38. The highest BCUT2D eigenvalue weighted by molar-refractivity contribution is 5.99. The first-order valence-electron chi connectivity index (χ1n) is 14.4. The molecule has 1 atom stereocenters. The summed E-state index contributed by atoms with van der Waals surface area (Å²) in [4.78, 5) is 25.3. The third-order valence-electron chi connectivity index (χ3n) is 8.44. The number of hydrogen-bond donors (Lipinski definition) is 0. The van der Waals surface area contributed by atoms with Gasteiger partial charge in [-0.05, 0) is 87.4 Å². The summed E-state index contributed by atoms with van der Waals surface area (Å²) < 4.78 is 17.9. The van der Waals surface area contributed by atoms with Crippen molar-refractivity contribution in [2.24, 2.45) is 0 Å². The second-order valence-electron chi connectivity index (χ2n) is 11.0. The van der Waals surface area contributed by atoms with Crippen molar-refractivity contribution in [1.29, 1.82) is 0 Å². The van der Waals surface area contributed by atoms with E-state index in [1.54, 1.807) is 10.7 Å². The number of likely N-dealkylation sites (tertiary alicyclic amines) is 1. The maximum Gasteiger partial charge on any atom is 0.253 e. The number of amides is 1. The summed E-state index contributed by atoms with van der Waals surface area (Å²) in [5.41, 5.74) is 6.01. The normalized spacial score (nSPS) is 15.0. The van der Waals surface area contributed by atoms with Gasteiger partial charge in [0.2, 0.25) is 0 Å². The van der Waals surface area contributed by atoms with Gasteiger partial charge in [-0.1, -0.05) is 24.3 Å². The van der Waals surface area contributed by atoms with Crippen LogP contribution in [0.3, 0.4) is 0 Å². The van der Waals surface area contributed by atoms with Gasteiger partial charge in [-0.25, -0.2) is 14.1 Å². The lowest BCUT2D eigenvalue weighted by molar-refractivity contribution is 0.0710. The van der Waals surface area contributed by atoms with Crippen LogP contribution in [-0.2, 0) is 0 Å². The van der Waals surface area contributed by atoms with Crippen molar-refractivity contribution in [2.45, 2.75) is 38.6 Å². The molecule has 0 radical (unpaired) electrons. The zero-order chi connectivity index (χ0) is 28.8. The van der Waals surface area contributed by atoms with Crippen molar-refractivity contribution in [3.8, 4) is 5.69 Å². The molecule has 4 heterocycles. The van der Waals surface area contributed by atoms with Crippen molar-refractivity contribution in [2.75, 3.05) is 13.1 Å². The third-order valence-corrected chi connectivity index (χ3v) is 8.44. The number of aromatic nitrogens is 5. The fraction of sp³-hybridized carbons (Fsp3) is 0.235. The van der Waals surface area contributed by atoms with Crippen LogP contribution in [0.25, 0.3) is 27.6 Å². The zero-order valence-electron chi connectivity index (χ0n) is 23.6. The van der Waals surface area contributed by atoms with E-state index in [1.807, 2.05) is 60.5 Å². The van der Waals surface area contributed by atoms with Crippen LogP contribution in [0.4, 0.5) is 4.39 Å². The molecule has 210 valence electrons. The molecular weight excluding hydrogens is 527 g/mol. The molecule has 0 aliphatic carbocycles. The van der Waals surface area contributed by atoms with Gasteiger partial charge in [0.15, 0.2) is 0 Å². The predicted octanol–water partition coefficient (Wildman–Crippen LogP) is 6.85. The average Bonchev–Trinajstić information content (AvgIpc) is 3.58. The van der Waals surface area contributed by atoms with Crippen LogP contribution in [0.15, 0.2) is 91.1 Å². The fourth-order valence-electron chi connectivity index (χ4n) is 6.24. The van der Waals surface area contributed by atoms with Gasteiger partial charge >= 0.3 is 0 Å². The summed E-state index contributed by atoms with van der Waals surface area (Å²) in [7, 11) is 0. The Morgan fingerprint density at radius 2 is 1.74 bits per heavy atom. The first-order chi connectivity index (χ1) is 20.5. The van der Waals surface area contributed by atoms with Crippen LogP contribution in [0.5, 0.6) is 0 Å². The largest absolute Gasteiger partial charge is 0.339 e. The van der Waals surface area contributed by atoms with E-state index in [-0.39, 0.29) is 23.7 Å². The highest BCUT2D eigenvalue weighted by Crippen LogP contribution is 2.34. The number of fused-ring (bicyclic) bond motifs is 2. The minimum atomic E-state index is -0.314. The smallest absolute Gasteiger partial charge is 0.253 e. The predicted molar refractivity (Wildman–Crippen MR) is 161 cm³/mol. The summed E-state index contributed by atoms with van der Waals surface area (Å²) in [6.45, 7) is 5.40. The van der Waals surface area contributed by atoms with Crippen molar-refractivity contribution >= 4 is 27.8 Å². The summed E-state index contributed by atoms with van der Waals surface area (Å²) in [6, 6.07) is 26.4. The molecule has 1 fully saturated rings.